The van der Waals surface area contributed by atoms with E-state index in [4.69, 9.17) is 10.5 Å². The van der Waals surface area contributed by atoms with Crippen LogP contribution in [-0.4, -0.2) is 35.1 Å². The van der Waals surface area contributed by atoms with Gasteiger partial charge in [-0.1, -0.05) is 66.7 Å². The van der Waals surface area contributed by atoms with Gasteiger partial charge in [-0.25, -0.2) is 16.8 Å². The van der Waals surface area contributed by atoms with Crippen molar-refractivity contribution in [2.24, 2.45) is 10.7 Å². The molecular weight excluding hydrogens is 460 g/mol. The van der Waals surface area contributed by atoms with Gasteiger partial charge < -0.3 is 10.5 Å². The minimum Gasteiger partial charge on any atom is -0.483 e. The van der Waals surface area contributed by atoms with E-state index in [0.29, 0.717) is 5.56 Å². The van der Waals surface area contributed by atoms with Crippen LogP contribution >= 0.6 is 0 Å². The molecule has 0 saturated carbocycles. The van der Waals surface area contributed by atoms with E-state index < -0.39 is 30.8 Å². The first-order valence-electron chi connectivity index (χ1n) is 10.0. The van der Waals surface area contributed by atoms with Crippen molar-refractivity contribution in [3.05, 3.63) is 107 Å². The fraction of sp³-hybridized carbons (Fsp3) is 0.125. The van der Waals surface area contributed by atoms with E-state index in [-0.39, 0.29) is 26.4 Å². The van der Waals surface area contributed by atoms with E-state index in [1.807, 2.05) is 0 Å². The van der Waals surface area contributed by atoms with Gasteiger partial charge in [0.15, 0.2) is 15.1 Å². The molecule has 0 radical (unpaired) electrons. The molecule has 2 atom stereocenters. The molecule has 0 spiro atoms. The van der Waals surface area contributed by atoms with Crippen LogP contribution in [0.1, 0.15) is 11.5 Å². The summed E-state index contributed by atoms with van der Waals surface area (Å²) in [7, 11) is -7.03. The number of benzene rings is 3. The topological polar surface area (TPSA) is 116 Å². The number of aliphatic imine (C=N–C) groups is 1. The van der Waals surface area contributed by atoms with E-state index in [0.717, 1.165) is 0 Å². The molecule has 3 aromatic rings. The zero-order chi connectivity index (χ0) is 23.6. The Morgan fingerprint density at radius 3 is 1.76 bits per heavy atom. The predicted molar refractivity (Wildman–Crippen MR) is 126 cm³/mol. The third-order valence-electron chi connectivity index (χ3n) is 5.43. The highest BCUT2D eigenvalue weighted by atomic mass is 32.2. The molecule has 1 heterocycles. The SMILES string of the molecule is COC1=NC(N)=C(S(=O)(=O)c2ccccc2)C(c2ccccc2)C1S(=O)(=O)c1ccccc1. The first-order chi connectivity index (χ1) is 15.8. The maximum atomic E-state index is 13.8. The van der Waals surface area contributed by atoms with E-state index in [2.05, 4.69) is 4.99 Å². The van der Waals surface area contributed by atoms with Crippen LogP contribution in [0, 0.1) is 0 Å². The average Bonchev–Trinajstić information content (AvgIpc) is 2.84. The zero-order valence-electron chi connectivity index (χ0n) is 17.7. The standard InChI is InChI=1S/C24H22N2O5S2/c1-31-24-22(33(29,30)19-15-9-4-10-16-19)20(17-11-5-2-6-12-17)21(23(25)26-24)32(27,28)18-13-7-3-8-14-18/h2-16,20,22H,25H2,1H3. The number of allylic oxidation sites excluding steroid dienone is 1. The van der Waals surface area contributed by atoms with Gasteiger partial charge in [-0.05, 0) is 29.8 Å². The molecule has 0 aromatic heterocycles. The normalized spacial score (nSPS) is 19.1. The molecule has 33 heavy (non-hydrogen) atoms. The molecule has 0 aliphatic carbocycles. The summed E-state index contributed by atoms with van der Waals surface area (Å²) >= 11 is 0. The van der Waals surface area contributed by atoms with E-state index in [9.17, 15) is 16.8 Å². The Kier molecular flexibility index (Phi) is 6.09. The second-order valence-corrected chi connectivity index (χ2v) is 11.4. The van der Waals surface area contributed by atoms with Gasteiger partial charge in [0.2, 0.25) is 15.7 Å². The van der Waals surface area contributed by atoms with Crippen LogP contribution in [0.4, 0.5) is 0 Å². The molecule has 2 unspecified atom stereocenters. The van der Waals surface area contributed by atoms with Crippen molar-refractivity contribution >= 4 is 25.6 Å². The predicted octanol–water partition coefficient (Wildman–Crippen LogP) is 3.27. The van der Waals surface area contributed by atoms with Crippen molar-refractivity contribution in [2.45, 2.75) is 21.0 Å². The van der Waals surface area contributed by atoms with Crippen molar-refractivity contribution in [1.29, 1.82) is 0 Å². The molecule has 0 saturated heterocycles. The first-order valence-corrected chi connectivity index (χ1v) is 13.1. The molecule has 0 amide bonds. The third-order valence-corrected chi connectivity index (χ3v) is 9.44. The maximum Gasteiger partial charge on any atom is 0.209 e. The summed E-state index contributed by atoms with van der Waals surface area (Å²) in [6.45, 7) is 0. The molecule has 1 aliphatic rings. The van der Waals surface area contributed by atoms with Gasteiger partial charge in [-0.3, -0.25) is 0 Å². The van der Waals surface area contributed by atoms with Gasteiger partial charge in [-0.2, -0.15) is 4.99 Å². The summed E-state index contributed by atoms with van der Waals surface area (Å²) in [5.41, 5.74) is 6.64. The van der Waals surface area contributed by atoms with Crippen molar-refractivity contribution in [2.75, 3.05) is 7.11 Å². The number of hydrogen-bond acceptors (Lipinski definition) is 7. The molecule has 4 rings (SSSR count). The van der Waals surface area contributed by atoms with E-state index >= 15 is 0 Å². The number of nitrogens with two attached hydrogens (primary N) is 1. The fourth-order valence-corrected chi connectivity index (χ4v) is 7.60. The Morgan fingerprint density at radius 2 is 1.24 bits per heavy atom. The zero-order valence-corrected chi connectivity index (χ0v) is 19.3. The molecular formula is C24H22N2O5S2. The largest absolute Gasteiger partial charge is 0.483 e. The molecule has 7 nitrogen and oxygen atoms in total. The van der Waals surface area contributed by atoms with Crippen LogP contribution in [0.3, 0.4) is 0 Å². The number of nitrogens with zero attached hydrogens (tertiary/aromatic N) is 1. The number of rotatable bonds is 5. The van der Waals surface area contributed by atoms with Crippen LogP contribution in [0.2, 0.25) is 0 Å². The lowest BCUT2D eigenvalue weighted by Crippen LogP contribution is -2.43. The molecule has 9 heteroatoms. The second kappa shape index (κ2) is 8.84. The van der Waals surface area contributed by atoms with Gasteiger partial charge in [0, 0.05) is 0 Å². The highest BCUT2D eigenvalue weighted by Crippen LogP contribution is 2.43. The average molecular weight is 483 g/mol. The molecule has 1 aliphatic heterocycles. The number of methoxy groups -OCH3 is 1. The van der Waals surface area contributed by atoms with Crippen LogP contribution in [-0.2, 0) is 24.4 Å². The summed E-state index contributed by atoms with van der Waals surface area (Å²) in [5.74, 6) is -1.64. The highest BCUT2D eigenvalue weighted by molar-refractivity contribution is 7.95. The van der Waals surface area contributed by atoms with Gasteiger partial charge in [-0.15, -0.1) is 0 Å². The van der Waals surface area contributed by atoms with Crippen LogP contribution < -0.4 is 5.73 Å². The van der Waals surface area contributed by atoms with Gasteiger partial charge >= 0.3 is 0 Å². The summed E-state index contributed by atoms with van der Waals surface area (Å²) in [6.07, 6.45) is 0. The number of ether oxygens (including phenoxy) is 1. The van der Waals surface area contributed by atoms with Crippen molar-refractivity contribution in [3.63, 3.8) is 0 Å². The van der Waals surface area contributed by atoms with Crippen molar-refractivity contribution in [1.82, 2.24) is 0 Å². The molecule has 170 valence electrons. The van der Waals surface area contributed by atoms with Gasteiger partial charge in [0.05, 0.1) is 22.8 Å². The molecule has 2 N–H and O–H groups in total. The van der Waals surface area contributed by atoms with Crippen LogP contribution in [0.25, 0.3) is 0 Å². The number of sulfone groups is 2. The first kappa shape index (κ1) is 22.8. The smallest absolute Gasteiger partial charge is 0.209 e. The summed E-state index contributed by atoms with van der Waals surface area (Å²) < 4.78 is 60.5. The lowest BCUT2D eigenvalue weighted by atomic mass is 9.93. The quantitative estimate of drug-likeness (QED) is 0.597. The Morgan fingerprint density at radius 1 is 0.758 bits per heavy atom. The molecule has 0 bridgehead atoms. The molecule has 0 fully saturated rings. The summed E-state index contributed by atoms with van der Waals surface area (Å²) in [6, 6.07) is 24.1. The van der Waals surface area contributed by atoms with Crippen LogP contribution in [0.15, 0.2) is 117 Å². The van der Waals surface area contributed by atoms with Gasteiger partial charge in [0.25, 0.3) is 0 Å². The molecule has 3 aromatic carbocycles. The Hall–Kier alpha value is -3.43. The summed E-state index contributed by atoms with van der Waals surface area (Å²) in [5, 5.41) is -1.44. The lowest BCUT2D eigenvalue weighted by molar-refractivity contribution is 0.383. The van der Waals surface area contributed by atoms with E-state index in [1.165, 1.54) is 31.4 Å². The Labute approximate surface area is 193 Å². The second-order valence-electron chi connectivity index (χ2n) is 7.39. The third kappa shape index (κ3) is 4.05. The van der Waals surface area contributed by atoms with Gasteiger partial charge in [0.1, 0.15) is 10.7 Å². The monoisotopic (exact) mass is 482 g/mol. The highest BCUT2D eigenvalue weighted by Gasteiger charge is 2.49. The Bertz CT molecular complexity index is 1420. The fourth-order valence-electron chi connectivity index (χ4n) is 3.93. The van der Waals surface area contributed by atoms with Crippen LogP contribution in [0.5, 0.6) is 0 Å². The lowest BCUT2D eigenvalue weighted by Gasteiger charge is -2.33. The summed E-state index contributed by atoms with van der Waals surface area (Å²) in [4.78, 5) is 3.87. The number of hydrogen-bond donors (Lipinski definition) is 1. The minimum atomic E-state index is -4.19. The minimum absolute atomic E-state index is 0.00388. The maximum absolute atomic E-state index is 13.8. The van der Waals surface area contributed by atoms with E-state index in [1.54, 1.807) is 66.7 Å². The van der Waals surface area contributed by atoms with Crippen molar-refractivity contribution < 1.29 is 21.6 Å². The van der Waals surface area contributed by atoms with Crippen molar-refractivity contribution in [3.8, 4) is 0 Å². The Balaban J connectivity index is 2.03.